The number of amides is 2. The number of nitrogens with zero attached hydrogens (tertiary/aromatic N) is 2. The molecule has 1 heterocycles. The van der Waals surface area contributed by atoms with Gasteiger partial charge in [0.2, 0.25) is 5.91 Å². The summed E-state index contributed by atoms with van der Waals surface area (Å²) in [5.41, 5.74) is 0.362. The molecule has 0 aromatic heterocycles. The molecular weight excluding hydrogens is 276 g/mol. The first-order valence-electron chi connectivity index (χ1n) is 6.50. The summed E-state index contributed by atoms with van der Waals surface area (Å²) in [7, 11) is 1.57. The van der Waals surface area contributed by atoms with Crippen molar-refractivity contribution in [3.63, 3.8) is 0 Å². The summed E-state index contributed by atoms with van der Waals surface area (Å²) >= 11 is 0. The van der Waals surface area contributed by atoms with Crippen LogP contribution in [0.2, 0.25) is 0 Å². The first kappa shape index (κ1) is 14.8. The molecule has 2 rings (SSSR count). The molecule has 1 unspecified atom stereocenters. The maximum Gasteiger partial charge on any atom is 0.293 e. The van der Waals surface area contributed by atoms with Gasteiger partial charge >= 0.3 is 0 Å². The molecule has 2 amide bonds. The molecule has 1 aromatic carbocycles. The molecule has 0 bridgehead atoms. The Hall–Kier alpha value is -2.64. The number of hydrogen-bond donors (Lipinski definition) is 2. The van der Waals surface area contributed by atoms with Crippen molar-refractivity contribution >= 4 is 23.2 Å². The predicted octanol–water partition coefficient (Wildman–Crippen LogP) is 0.597. The smallest absolute Gasteiger partial charge is 0.293 e. The minimum absolute atomic E-state index is 0.169. The zero-order valence-corrected chi connectivity index (χ0v) is 11.8. The maximum absolute atomic E-state index is 12.4. The van der Waals surface area contributed by atoms with Crippen molar-refractivity contribution in [2.24, 2.45) is 0 Å². The number of nitro benzene ring substituents is 1. The lowest BCUT2D eigenvalue weighted by Gasteiger charge is -2.32. The van der Waals surface area contributed by atoms with E-state index in [1.807, 2.05) is 0 Å². The van der Waals surface area contributed by atoms with Gasteiger partial charge < -0.3 is 15.5 Å². The molecule has 0 saturated carbocycles. The summed E-state index contributed by atoms with van der Waals surface area (Å²) in [5.74, 6) is -0.612. The van der Waals surface area contributed by atoms with E-state index in [0.29, 0.717) is 18.8 Å². The first-order valence-corrected chi connectivity index (χ1v) is 6.50. The second kappa shape index (κ2) is 5.78. The van der Waals surface area contributed by atoms with Gasteiger partial charge in [-0.25, -0.2) is 0 Å². The van der Waals surface area contributed by atoms with Crippen LogP contribution >= 0.6 is 0 Å². The van der Waals surface area contributed by atoms with Crippen molar-refractivity contribution in [1.82, 2.24) is 10.2 Å². The van der Waals surface area contributed by atoms with E-state index in [4.69, 9.17) is 0 Å². The summed E-state index contributed by atoms with van der Waals surface area (Å²) in [4.78, 5) is 35.9. The molecule has 21 heavy (non-hydrogen) atoms. The Bertz CT molecular complexity index is 602. The van der Waals surface area contributed by atoms with Crippen molar-refractivity contribution in [3.05, 3.63) is 33.9 Å². The van der Waals surface area contributed by atoms with Gasteiger partial charge in [0.25, 0.3) is 11.6 Å². The molecule has 0 aliphatic carbocycles. The predicted molar refractivity (Wildman–Crippen MR) is 76.2 cm³/mol. The minimum atomic E-state index is -0.589. The van der Waals surface area contributed by atoms with Gasteiger partial charge in [-0.15, -0.1) is 0 Å². The van der Waals surface area contributed by atoms with Crippen LogP contribution in [-0.2, 0) is 4.79 Å². The average Bonchev–Trinajstić information content (AvgIpc) is 2.48. The molecule has 1 atom stereocenters. The number of nitrogens with one attached hydrogen (secondary N) is 2. The summed E-state index contributed by atoms with van der Waals surface area (Å²) < 4.78 is 0. The minimum Gasteiger partial charge on any atom is -0.383 e. The van der Waals surface area contributed by atoms with Crippen LogP contribution in [0.1, 0.15) is 17.3 Å². The van der Waals surface area contributed by atoms with E-state index < -0.39 is 11.0 Å². The van der Waals surface area contributed by atoms with Crippen molar-refractivity contribution < 1.29 is 14.5 Å². The van der Waals surface area contributed by atoms with Crippen LogP contribution in [0.4, 0.5) is 11.4 Å². The molecule has 8 nitrogen and oxygen atoms in total. The van der Waals surface area contributed by atoms with Crippen LogP contribution in [0.3, 0.4) is 0 Å². The number of piperazine rings is 1. The van der Waals surface area contributed by atoms with E-state index in [-0.39, 0.29) is 23.1 Å². The Morgan fingerprint density at radius 2 is 2.24 bits per heavy atom. The molecule has 1 saturated heterocycles. The van der Waals surface area contributed by atoms with Crippen LogP contribution < -0.4 is 10.6 Å². The van der Waals surface area contributed by atoms with Crippen LogP contribution in [0, 0.1) is 10.1 Å². The zero-order chi connectivity index (χ0) is 15.6. The standard InChI is InChI=1S/C13H16N4O4/c1-8-12(18)15-5-6-16(8)13(19)9-3-4-10(14-2)11(7-9)17(20)21/h3-4,7-8,14H,5-6H2,1-2H3,(H,15,18). The van der Waals surface area contributed by atoms with E-state index in [1.54, 1.807) is 14.0 Å². The molecule has 0 radical (unpaired) electrons. The number of hydrogen-bond acceptors (Lipinski definition) is 5. The lowest BCUT2D eigenvalue weighted by molar-refractivity contribution is -0.384. The van der Waals surface area contributed by atoms with E-state index in [0.717, 1.165) is 0 Å². The lowest BCUT2D eigenvalue weighted by atomic mass is 10.1. The average molecular weight is 292 g/mol. The molecule has 1 fully saturated rings. The van der Waals surface area contributed by atoms with Gasteiger partial charge in [0, 0.05) is 31.8 Å². The van der Waals surface area contributed by atoms with Crippen LogP contribution in [0.15, 0.2) is 18.2 Å². The van der Waals surface area contributed by atoms with Crippen molar-refractivity contribution in [2.75, 3.05) is 25.5 Å². The highest BCUT2D eigenvalue weighted by molar-refractivity contribution is 5.99. The monoisotopic (exact) mass is 292 g/mol. The fourth-order valence-corrected chi connectivity index (χ4v) is 2.25. The highest BCUT2D eigenvalue weighted by Crippen LogP contribution is 2.26. The fourth-order valence-electron chi connectivity index (χ4n) is 2.25. The quantitative estimate of drug-likeness (QED) is 0.627. The molecule has 112 valence electrons. The van der Waals surface area contributed by atoms with Gasteiger partial charge in [-0.3, -0.25) is 19.7 Å². The third-order valence-corrected chi connectivity index (χ3v) is 3.47. The van der Waals surface area contributed by atoms with Crippen molar-refractivity contribution in [3.8, 4) is 0 Å². The highest BCUT2D eigenvalue weighted by Gasteiger charge is 2.30. The molecule has 1 aromatic rings. The Labute approximate surface area is 121 Å². The van der Waals surface area contributed by atoms with Crippen molar-refractivity contribution in [2.45, 2.75) is 13.0 Å². The largest absolute Gasteiger partial charge is 0.383 e. The maximum atomic E-state index is 12.4. The number of anilines is 1. The van der Waals surface area contributed by atoms with Crippen molar-refractivity contribution in [1.29, 1.82) is 0 Å². The first-order chi connectivity index (χ1) is 9.95. The van der Waals surface area contributed by atoms with Gasteiger partial charge in [-0.1, -0.05) is 0 Å². The van der Waals surface area contributed by atoms with E-state index in [2.05, 4.69) is 10.6 Å². The number of carbonyl (C=O) groups is 2. The van der Waals surface area contributed by atoms with Crippen LogP contribution in [0.5, 0.6) is 0 Å². The van der Waals surface area contributed by atoms with E-state index >= 15 is 0 Å². The topological polar surface area (TPSA) is 105 Å². The summed E-state index contributed by atoms with van der Waals surface area (Å²) in [6, 6.07) is 3.64. The van der Waals surface area contributed by atoms with Crippen LogP contribution in [-0.4, -0.2) is 47.8 Å². The Morgan fingerprint density at radius 3 is 2.86 bits per heavy atom. The zero-order valence-electron chi connectivity index (χ0n) is 11.8. The van der Waals surface area contributed by atoms with E-state index in [1.165, 1.54) is 23.1 Å². The number of carbonyl (C=O) groups excluding carboxylic acids is 2. The normalized spacial score (nSPS) is 18.1. The Morgan fingerprint density at radius 1 is 1.52 bits per heavy atom. The molecule has 2 N–H and O–H groups in total. The van der Waals surface area contributed by atoms with Gasteiger partial charge in [-0.2, -0.15) is 0 Å². The molecule has 0 spiro atoms. The third-order valence-electron chi connectivity index (χ3n) is 3.47. The second-order valence-electron chi connectivity index (χ2n) is 4.70. The second-order valence-corrected chi connectivity index (χ2v) is 4.70. The van der Waals surface area contributed by atoms with Gasteiger partial charge in [0.05, 0.1) is 4.92 Å². The Kier molecular flexibility index (Phi) is 4.06. The third kappa shape index (κ3) is 2.78. The summed E-state index contributed by atoms with van der Waals surface area (Å²) in [6.07, 6.45) is 0. The molecule has 1 aliphatic heterocycles. The molecule has 8 heteroatoms. The Balaban J connectivity index is 2.33. The van der Waals surface area contributed by atoms with E-state index in [9.17, 15) is 19.7 Å². The fraction of sp³-hybridized carbons (Fsp3) is 0.385. The number of nitro groups is 1. The SMILES string of the molecule is CNc1ccc(C(=O)N2CCNC(=O)C2C)cc1[N+](=O)[O-]. The lowest BCUT2D eigenvalue weighted by Crippen LogP contribution is -2.55. The number of rotatable bonds is 3. The van der Waals surface area contributed by atoms with Crippen LogP contribution in [0.25, 0.3) is 0 Å². The summed E-state index contributed by atoms with van der Waals surface area (Å²) in [6.45, 7) is 2.39. The van der Waals surface area contributed by atoms with Gasteiger partial charge in [-0.05, 0) is 19.1 Å². The van der Waals surface area contributed by atoms with Gasteiger partial charge in [0.1, 0.15) is 11.7 Å². The number of benzene rings is 1. The molecule has 1 aliphatic rings. The molecular formula is C13H16N4O4. The summed E-state index contributed by atoms with van der Waals surface area (Å²) in [5, 5.41) is 16.4. The highest BCUT2D eigenvalue weighted by atomic mass is 16.6. The van der Waals surface area contributed by atoms with Gasteiger partial charge in [0.15, 0.2) is 0 Å².